The van der Waals surface area contributed by atoms with E-state index in [0.717, 1.165) is 12.1 Å². The Morgan fingerprint density at radius 2 is 2.00 bits per heavy atom. The lowest BCUT2D eigenvalue weighted by Gasteiger charge is -2.44. The van der Waals surface area contributed by atoms with Crippen molar-refractivity contribution in [1.82, 2.24) is 24.3 Å². The number of carbonyl (C=O) groups is 1. The lowest BCUT2D eigenvalue weighted by atomic mass is 9.89. The first-order chi connectivity index (χ1) is 16.2. The number of amides is 1. The number of anilines is 1. The molecule has 2 aliphatic heterocycles. The van der Waals surface area contributed by atoms with Gasteiger partial charge in [0.25, 0.3) is 5.91 Å². The molecule has 34 heavy (non-hydrogen) atoms. The number of carbonyl (C=O) groups excluding carboxylic acids is 1. The van der Waals surface area contributed by atoms with Crippen LogP contribution in [0.5, 0.6) is 5.75 Å². The van der Waals surface area contributed by atoms with Gasteiger partial charge in [-0.05, 0) is 25.1 Å². The van der Waals surface area contributed by atoms with Crippen molar-refractivity contribution in [2.45, 2.75) is 38.1 Å². The van der Waals surface area contributed by atoms with Gasteiger partial charge in [0.2, 0.25) is 0 Å². The first-order valence-corrected chi connectivity index (χ1v) is 10.8. The Balaban J connectivity index is 1.41. The fraction of sp³-hybridized carbons (Fsp3) is 0.304. The summed E-state index contributed by atoms with van der Waals surface area (Å²) in [7, 11) is 0. The van der Waals surface area contributed by atoms with Gasteiger partial charge < -0.3 is 15.4 Å². The van der Waals surface area contributed by atoms with Gasteiger partial charge in [-0.15, -0.1) is 0 Å². The van der Waals surface area contributed by atoms with E-state index in [1.54, 1.807) is 17.2 Å². The molecule has 174 valence electrons. The summed E-state index contributed by atoms with van der Waals surface area (Å²) in [6, 6.07) is 4.72. The number of nitrogen functional groups attached to an aromatic ring is 1. The first kappa shape index (κ1) is 20.7. The van der Waals surface area contributed by atoms with Crippen LogP contribution in [0.15, 0.2) is 36.7 Å². The van der Waals surface area contributed by atoms with Gasteiger partial charge in [0.1, 0.15) is 40.2 Å². The molecule has 0 unspecified atom stereocenters. The van der Waals surface area contributed by atoms with Crippen LogP contribution >= 0.6 is 0 Å². The fourth-order valence-electron chi connectivity index (χ4n) is 4.93. The van der Waals surface area contributed by atoms with Gasteiger partial charge in [-0.2, -0.15) is 13.2 Å². The second kappa shape index (κ2) is 7.05. The number of halogens is 3. The number of benzene rings is 1. The standard InChI is InChI=1S/C23H19F3N6O2/c1-11-28-10-19-21(27)30-16-9-29-15(8-18(16)32(11)19)22(33)31-5-4-13-7-17(31)14-3-2-12(23(24,25)26)6-20(14)34-13/h2-3,6,8-10,13,17H,4-5,7H2,1H3,(H2,27,30)/t13-,17+/m0/s1. The van der Waals surface area contributed by atoms with Crippen LogP contribution in [0.1, 0.15) is 46.3 Å². The zero-order valence-corrected chi connectivity index (χ0v) is 18.0. The number of alkyl halides is 3. The molecule has 2 N–H and O–H groups in total. The molecule has 0 aliphatic carbocycles. The van der Waals surface area contributed by atoms with Crippen LogP contribution in [0.3, 0.4) is 0 Å². The molecule has 2 atom stereocenters. The maximum atomic E-state index is 13.6. The van der Waals surface area contributed by atoms with Gasteiger partial charge in [0, 0.05) is 24.9 Å². The molecule has 2 bridgehead atoms. The zero-order valence-electron chi connectivity index (χ0n) is 18.0. The number of aryl methyl sites for hydroxylation is 1. The second-order valence-corrected chi connectivity index (χ2v) is 8.61. The van der Waals surface area contributed by atoms with Gasteiger partial charge in [-0.3, -0.25) is 9.20 Å². The zero-order chi connectivity index (χ0) is 23.8. The van der Waals surface area contributed by atoms with Gasteiger partial charge >= 0.3 is 6.18 Å². The number of pyridine rings is 1. The third-order valence-electron chi connectivity index (χ3n) is 6.57. The largest absolute Gasteiger partial charge is 0.490 e. The number of rotatable bonds is 1. The topological polar surface area (TPSA) is 98.6 Å². The quantitative estimate of drug-likeness (QED) is 0.455. The Kier molecular flexibility index (Phi) is 4.29. The van der Waals surface area contributed by atoms with Crippen molar-refractivity contribution < 1.29 is 22.7 Å². The minimum absolute atomic E-state index is 0.176. The van der Waals surface area contributed by atoms with Crippen molar-refractivity contribution in [2.24, 2.45) is 0 Å². The van der Waals surface area contributed by atoms with Crippen molar-refractivity contribution in [2.75, 3.05) is 12.3 Å². The minimum Gasteiger partial charge on any atom is -0.490 e. The highest BCUT2D eigenvalue weighted by Gasteiger charge is 2.41. The minimum atomic E-state index is -4.47. The highest BCUT2D eigenvalue weighted by atomic mass is 19.4. The SMILES string of the molecule is Cc1ncc2c(N)nc3cnc(C(=O)N4CC[C@H]5C[C@@H]4c4ccc(C(F)(F)F)cc4O5)cc3n12. The van der Waals surface area contributed by atoms with E-state index in [1.807, 2.05) is 11.3 Å². The van der Waals surface area contributed by atoms with Gasteiger partial charge in [-0.1, -0.05) is 6.07 Å². The van der Waals surface area contributed by atoms with E-state index >= 15 is 0 Å². The van der Waals surface area contributed by atoms with Crippen LogP contribution in [-0.2, 0) is 6.18 Å². The third-order valence-corrected chi connectivity index (χ3v) is 6.57. The molecular formula is C23H19F3N6O2. The van der Waals surface area contributed by atoms with E-state index in [9.17, 15) is 18.0 Å². The molecule has 8 nitrogen and oxygen atoms in total. The molecule has 1 amide bonds. The number of nitrogens with zero attached hydrogens (tertiary/aromatic N) is 5. The lowest BCUT2D eigenvalue weighted by Crippen LogP contribution is -2.46. The summed E-state index contributed by atoms with van der Waals surface area (Å²) >= 11 is 0. The van der Waals surface area contributed by atoms with Crippen LogP contribution in [0.2, 0.25) is 0 Å². The van der Waals surface area contributed by atoms with Crippen molar-refractivity contribution in [3.05, 3.63) is 59.3 Å². The summed E-state index contributed by atoms with van der Waals surface area (Å²) < 4.78 is 47.2. The molecule has 0 saturated carbocycles. The molecule has 11 heteroatoms. The fourth-order valence-corrected chi connectivity index (χ4v) is 4.93. The van der Waals surface area contributed by atoms with E-state index in [1.165, 1.54) is 12.3 Å². The number of ether oxygens (including phenoxy) is 1. The molecule has 0 radical (unpaired) electrons. The maximum absolute atomic E-state index is 13.6. The van der Waals surface area contributed by atoms with Crippen LogP contribution in [0.25, 0.3) is 16.6 Å². The number of imidazole rings is 1. The highest BCUT2D eigenvalue weighted by Crippen LogP contribution is 2.45. The molecule has 6 rings (SSSR count). The third kappa shape index (κ3) is 3.06. The monoisotopic (exact) mass is 468 g/mol. The number of piperidine rings is 1. The van der Waals surface area contributed by atoms with E-state index < -0.39 is 17.8 Å². The number of likely N-dealkylation sites (tertiary alicyclic amines) is 1. The van der Waals surface area contributed by atoms with Crippen molar-refractivity contribution in [3.63, 3.8) is 0 Å². The number of aromatic nitrogens is 4. The number of fused-ring (bicyclic) bond motifs is 7. The molecule has 1 fully saturated rings. The van der Waals surface area contributed by atoms with Gasteiger partial charge in [0.15, 0.2) is 0 Å². The maximum Gasteiger partial charge on any atom is 0.416 e. The summed E-state index contributed by atoms with van der Waals surface area (Å²) in [5.41, 5.74) is 7.85. The molecular weight excluding hydrogens is 449 g/mol. The van der Waals surface area contributed by atoms with E-state index in [4.69, 9.17) is 10.5 Å². The highest BCUT2D eigenvalue weighted by molar-refractivity contribution is 5.96. The van der Waals surface area contributed by atoms with Crippen molar-refractivity contribution in [3.8, 4) is 5.75 Å². The summed E-state index contributed by atoms with van der Waals surface area (Å²) in [6.45, 7) is 2.24. The molecule has 4 aromatic rings. The van der Waals surface area contributed by atoms with E-state index in [-0.39, 0.29) is 23.5 Å². The predicted molar refractivity (Wildman–Crippen MR) is 116 cm³/mol. The Morgan fingerprint density at radius 1 is 1.18 bits per heavy atom. The lowest BCUT2D eigenvalue weighted by molar-refractivity contribution is -0.137. The summed E-state index contributed by atoms with van der Waals surface area (Å²) in [5, 5.41) is 0. The Hall–Kier alpha value is -3.89. The van der Waals surface area contributed by atoms with Crippen LogP contribution in [0.4, 0.5) is 19.0 Å². The molecule has 1 aromatic carbocycles. The Bertz CT molecular complexity index is 1480. The number of nitrogens with two attached hydrogens (primary N) is 1. The molecule has 3 aromatic heterocycles. The average molecular weight is 468 g/mol. The van der Waals surface area contributed by atoms with Crippen LogP contribution < -0.4 is 10.5 Å². The Morgan fingerprint density at radius 3 is 2.79 bits per heavy atom. The molecule has 0 spiro atoms. The van der Waals surface area contributed by atoms with Crippen molar-refractivity contribution >= 4 is 28.3 Å². The van der Waals surface area contributed by atoms with Crippen LogP contribution in [-0.4, -0.2) is 42.8 Å². The first-order valence-electron chi connectivity index (χ1n) is 10.8. The molecule has 2 aliphatic rings. The second-order valence-electron chi connectivity index (χ2n) is 8.61. The number of hydrogen-bond acceptors (Lipinski definition) is 6. The van der Waals surface area contributed by atoms with Crippen LogP contribution in [0, 0.1) is 6.92 Å². The summed E-state index contributed by atoms with van der Waals surface area (Å²) in [5.74, 6) is 0.878. The van der Waals surface area contributed by atoms with Crippen molar-refractivity contribution in [1.29, 1.82) is 0 Å². The summed E-state index contributed by atoms with van der Waals surface area (Å²) in [6.07, 6.45) is -0.551. The van der Waals surface area contributed by atoms with Gasteiger partial charge in [-0.25, -0.2) is 15.0 Å². The molecule has 5 heterocycles. The van der Waals surface area contributed by atoms with E-state index in [0.29, 0.717) is 53.1 Å². The average Bonchev–Trinajstić information content (AvgIpc) is 3.20. The summed E-state index contributed by atoms with van der Waals surface area (Å²) in [4.78, 5) is 28.2. The smallest absolute Gasteiger partial charge is 0.416 e. The molecule has 1 saturated heterocycles. The Labute approximate surface area is 191 Å². The normalized spacial score (nSPS) is 19.8. The van der Waals surface area contributed by atoms with Gasteiger partial charge in [0.05, 0.1) is 29.5 Å². The predicted octanol–water partition coefficient (Wildman–Crippen LogP) is 3.93. The van der Waals surface area contributed by atoms with E-state index in [2.05, 4.69) is 15.0 Å². The number of hydrogen-bond donors (Lipinski definition) is 1.